The minimum Gasteiger partial charge on any atom is -0.445 e. The van der Waals surface area contributed by atoms with E-state index in [9.17, 15) is 9.59 Å². The summed E-state index contributed by atoms with van der Waals surface area (Å²) in [6, 6.07) is 16.6. The Hall–Kier alpha value is -2.53. The highest BCUT2D eigenvalue weighted by molar-refractivity contribution is 6.31. The van der Waals surface area contributed by atoms with Crippen LogP contribution in [-0.4, -0.2) is 17.5 Å². The lowest BCUT2D eigenvalue weighted by molar-refractivity contribution is -0.128. The lowest BCUT2D eigenvalue weighted by atomic mass is 9.95. The highest BCUT2D eigenvalue weighted by Crippen LogP contribution is 2.31. The third-order valence-electron chi connectivity index (χ3n) is 5.17. The van der Waals surface area contributed by atoms with Crippen molar-refractivity contribution in [3.8, 4) is 0 Å². The van der Waals surface area contributed by atoms with Gasteiger partial charge in [0.25, 0.3) is 0 Å². The lowest BCUT2D eigenvalue weighted by Gasteiger charge is -2.30. The second-order valence-electron chi connectivity index (χ2n) is 7.19. The van der Waals surface area contributed by atoms with Gasteiger partial charge in [0, 0.05) is 5.02 Å². The third kappa shape index (κ3) is 4.84. The van der Waals surface area contributed by atoms with Crippen LogP contribution in [0.2, 0.25) is 5.02 Å². The van der Waals surface area contributed by atoms with Gasteiger partial charge in [0.1, 0.15) is 12.1 Å². The summed E-state index contributed by atoms with van der Waals surface area (Å²) in [5.74, 6) is -0.200. The zero-order valence-corrected chi connectivity index (χ0v) is 16.7. The van der Waals surface area contributed by atoms with Crippen molar-refractivity contribution in [2.24, 2.45) is 0 Å². The molecule has 2 N–H and O–H groups in total. The van der Waals surface area contributed by atoms with Gasteiger partial charge in [-0.3, -0.25) is 4.79 Å². The monoisotopic (exact) mass is 400 g/mol. The number of ether oxygens (including phenoxy) is 1. The third-order valence-corrected chi connectivity index (χ3v) is 5.51. The van der Waals surface area contributed by atoms with Crippen LogP contribution in [0.25, 0.3) is 0 Å². The number of carbonyl (C=O) groups is 2. The second kappa shape index (κ2) is 9.11. The average molecular weight is 401 g/mol. The predicted octanol–water partition coefficient (Wildman–Crippen LogP) is 4.76. The summed E-state index contributed by atoms with van der Waals surface area (Å²) in [5.41, 5.74) is 0.802. The smallest absolute Gasteiger partial charge is 0.408 e. The molecule has 0 unspecified atom stereocenters. The van der Waals surface area contributed by atoms with E-state index in [0.29, 0.717) is 17.9 Å². The fraction of sp³-hybridized carbons (Fsp3) is 0.364. The van der Waals surface area contributed by atoms with Crippen LogP contribution >= 0.6 is 11.6 Å². The summed E-state index contributed by atoms with van der Waals surface area (Å²) < 4.78 is 5.32. The number of benzene rings is 2. The molecule has 6 heteroatoms. The van der Waals surface area contributed by atoms with Crippen LogP contribution in [0.1, 0.15) is 49.8 Å². The number of alkyl carbamates (subject to hydrolysis) is 1. The van der Waals surface area contributed by atoms with E-state index in [1.807, 2.05) is 55.5 Å². The first kappa shape index (κ1) is 20.2. The number of nitrogens with one attached hydrogen (secondary N) is 2. The predicted molar refractivity (Wildman–Crippen MR) is 109 cm³/mol. The van der Waals surface area contributed by atoms with Crippen molar-refractivity contribution in [2.75, 3.05) is 0 Å². The van der Waals surface area contributed by atoms with E-state index in [2.05, 4.69) is 10.6 Å². The molecule has 0 spiro atoms. The number of hydrogen-bond donors (Lipinski definition) is 2. The maximum atomic E-state index is 13.0. The zero-order valence-electron chi connectivity index (χ0n) is 15.9. The Morgan fingerprint density at radius 2 is 1.71 bits per heavy atom. The van der Waals surface area contributed by atoms with Gasteiger partial charge < -0.3 is 15.4 Å². The molecule has 1 atom stereocenters. The van der Waals surface area contributed by atoms with Gasteiger partial charge >= 0.3 is 6.09 Å². The van der Waals surface area contributed by atoms with Crippen molar-refractivity contribution in [1.29, 1.82) is 0 Å². The molecule has 28 heavy (non-hydrogen) atoms. The number of hydrogen-bond acceptors (Lipinski definition) is 3. The minimum absolute atomic E-state index is 0.167. The molecule has 0 heterocycles. The molecule has 1 saturated carbocycles. The highest BCUT2D eigenvalue weighted by atomic mass is 35.5. The van der Waals surface area contributed by atoms with Crippen LogP contribution in [0.3, 0.4) is 0 Å². The van der Waals surface area contributed by atoms with E-state index in [4.69, 9.17) is 16.3 Å². The lowest BCUT2D eigenvalue weighted by Crippen LogP contribution is -2.57. The SMILES string of the molecule is C[C@@H](NC(=O)C1(NC(=O)OCc2ccccc2)CCCC1)c1ccccc1Cl. The van der Waals surface area contributed by atoms with Crippen LogP contribution < -0.4 is 10.6 Å². The first-order chi connectivity index (χ1) is 13.5. The summed E-state index contributed by atoms with van der Waals surface area (Å²) in [6.07, 6.45) is 2.37. The van der Waals surface area contributed by atoms with Crippen LogP contribution in [0.15, 0.2) is 54.6 Å². The number of rotatable bonds is 6. The summed E-state index contributed by atoms with van der Waals surface area (Å²) in [7, 11) is 0. The van der Waals surface area contributed by atoms with Gasteiger partial charge in [0.2, 0.25) is 5.91 Å². The van der Waals surface area contributed by atoms with Gasteiger partial charge in [-0.1, -0.05) is 73.0 Å². The maximum Gasteiger partial charge on any atom is 0.408 e. The highest BCUT2D eigenvalue weighted by Gasteiger charge is 2.43. The normalized spacial score (nSPS) is 16.2. The van der Waals surface area contributed by atoms with Crippen molar-refractivity contribution in [3.63, 3.8) is 0 Å². The summed E-state index contributed by atoms with van der Waals surface area (Å²) in [6.45, 7) is 2.05. The Bertz CT molecular complexity index is 820. The average Bonchev–Trinajstić information content (AvgIpc) is 3.17. The Kier molecular flexibility index (Phi) is 6.57. The maximum absolute atomic E-state index is 13.0. The summed E-state index contributed by atoms with van der Waals surface area (Å²) in [4.78, 5) is 25.4. The first-order valence-corrected chi connectivity index (χ1v) is 9.92. The molecule has 0 bridgehead atoms. The summed E-state index contributed by atoms with van der Waals surface area (Å²) >= 11 is 6.24. The Morgan fingerprint density at radius 3 is 2.39 bits per heavy atom. The fourth-order valence-electron chi connectivity index (χ4n) is 3.58. The largest absolute Gasteiger partial charge is 0.445 e. The van der Waals surface area contributed by atoms with Crippen LogP contribution in [0, 0.1) is 0 Å². The van der Waals surface area contributed by atoms with Gasteiger partial charge in [-0.15, -0.1) is 0 Å². The molecule has 2 aromatic carbocycles. The van der Waals surface area contributed by atoms with Crippen LogP contribution in [-0.2, 0) is 16.1 Å². The number of amides is 2. The van der Waals surface area contributed by atoms with E-state index in [0.717, 1.165) is 24.0 Å². The fourth-order valence-corrected chi connectivity index (χ4v) is 3.88. The minimum atomic E-state index is -0.941. The van der Waals surface area contributed by atoms with Gasteiger partial charge in [0.15, 0.2) is 0 Å². The van der Waals surface area contributed by atoms with E-state index in [1.165, 1.54) is 0 Å². The molecule has 0 radical (unpaired) electrons. The van der Waals surface area contributed by atoms with Crippen molar-refractivity contribution in [3.05, 3.63) is 70.7 Å². The molecule has 1 aliphatic carbocycles. The quantitative estimate of drug-likeness (QED) is 0.734. The molecule has 148 valence electrons. The first-order valence-electron chi connectivity index (χ1n) is 9.54. The molecule has 0 aromatic heterocycles. The molecule has 1 aliphatic rings. The van der Waals surface area contributed by atoms with E-state index < -0.39 is 11.6 Å². The van der Waals surface area contributed by atoms with Crippen molar-refractivity contribution in [2.45, 2.75) is 50.8 Å². The van der Waals surface area contributed by atoms with Crippen molar-refractivity contribution < 1.29 is 14.3 Å². The topological polar surface area (TPSA) is 67.4 Å². The van der Waals surface area contributed by atoms with Crippen LogP contribution in [0.4, 0.5) is 4.79 Å². The van der Waals surface area contributed by atoms with Gasteiger partial charge in [-0.25, -0.2) is 4.79 Å². The Labute approximate surface area is 170 Å². The Morgan fingerprint density at radius 1 is 1.07 bits per heavy atom. The zero-order chi connectivity index (χ0) is 20.0. The van der Waals surface area contributed by atoms with Gasteiger partial charge in [-0.2, -0.15) is 0 Å². The van der Waals surface area contributed by atoms with Crippen LogP contribution in [0.5, 0.6) is 0 Å². The molecular weight excluding hydrogens is 376 g/mol. The number of halogens is 1. The molecule has 3 rings (SSSR count). The van der Waals surface area contributed by atoms with Gasteiger partial charge in [-0.05, 0) is 37.0 Å². The molecule has 0 saturated heterocycles. The van der Waals surface area contributed by atoms with Gasteiger partial charge in [0.05, 0.1) is 6.04 Å². The van der Waals surface area contributed by atoms with Crippen molar-refractivity contribution in [1.82, 2.24) is 10.6 Å². The molecule has 2 amide bonds. The van der Waals surface area contributed by atoms with E-state index >= 15 is 0 Å². The van der Waals surface area contributed by atoms with Crippen molar-refractivity contribution >= 4 is 23.6 Å². The molecule has 1 fully saturated rings. The van der Waals surface area contributed by atoms with E-state index in [-0.39, 0.29) is 18.6 Å². The number of carbonyl (C=O) groups excluding carboxylic acids is 2. The molecule has 0 aliphatic heterocycles. The Balaban J connectivity index is 1.63. The second-order valence-corrected chi connectivity index (χ2v) is 7.60. The molecule has 5 nitrogen and oxygen atoms in total. The molecular formula is C22H25ClN2O3. The standard InChI is InChI=1S/C22H25ClN2O3/c1-16(18-11-5-6-12-19(18)23)24-20(26)22(13-7-8-14-22)25-21(27)28-15-17-9-3-2-4-10-17/h2-6,9-12,16H,7-8,13-15H2,1H3,(H,24,26)(H,25,27)/t16-/m1/s1. The van der Waals surface area contributed by atoms with E-state index in [1.54, 1.807) is 6.07 Å². The summed E-state index contributed by atoms with van der Waals surface area (Å²) in [5, 5.41) is 6.44. The molecule has 2 aromatic rings.